The monoisotopic (exact) mass is 278 g/mol. The Balaban J connectivity index is 2.33. The van der Waals surface area contributed by atoms with Crippen LogP contribution < -0.4 is 15.0 Å². The number of fused-ring (bicyclic) bond motifs is 1. The van der Waals surface area contributed by atoms with Crippen molar-refractivity contribution in [2.24, 2.45) is 0 Å². The standard InChI is InChI=1S/C17H28N2O/c1-4-10-19(11-5-2)15-13-18-12-14-8-7-9-16(17(14)15)20-6-3/h7-9,15,18H,4-6,10-13H2,1-3H3/p+2/t15-/m0/s1. The Labute approximate surface area is 123 Å². The molecule has 1 aromatic carbocycles. The van der Waals surface area contributed by atoms with Crippen molar-refractivity contribution >= 4 is 0 Å². The van der Waals surface area contributed by atoms with Crippen LogP contribution in [0.2, 0.25) is 0 Å². The molecule has 112 valence electrons. The third kappa shape index (κ3) is 3.33. The fourth-order valence-corrected chi connectivity index (χ4v) is 3.45. The van der Waals surface area contributed by atoms with Gasteiger partial charge in [-0.25, -0.2) is 0 Å². The first-order valence-electron chi connectivity index (χ1n) is 8.22. The van der Waals surface area contributed by atoms with Gasteiger partial charge in [-0.1, -0.05) is 26.0 Å². The Bertz CT molecular complexity index is 413. The molecule has 1 aliphatic heterocycles. The molecule has 0 aliphatic carbocycles. The van der Waals surface area contributed by atoms with Gasteiger partial charge in [0.25, 0.3) is 0 Å². The van der Waals surface area contributed by atoms with Gasteiger partial charge in [-0.3, -0.25) is 0 Å². The zero-order valence-electron chi connectivity index (χ0n) is 13.2. The third-order valence-corrected chi connectivity index (χ3v) is 4.21. The van der Waals surface area contributed by atoms with Crippen LogP contribution in [-0.2, 0) is 6.54 Å². The Morgan fingerprint density at radius 3 is 2.60 bits per heavy atom. The third-order valence-electron chi connectivity index (χ3n) is 4.21. The summed E-state index contributed by atoms with van der Waals surface area (Å²) >= 11 is 0. The Hall–Kier alpha value is -1.06. The van der Waals surface area contributed by atoms with Gasteiger partial charge in [0.05, 0.1) is 25.3 Å². The van der Waals surface area contributed by atoms with Crippen molar-refractivity contribution in [1.82, 2.24) is 0 Å². The first kappa shape index (κ1) is 15.3. The molecule has 0 aromatic heterocycles. The summed E-state index contributed by atoms with van der Waals surface area (Å²) in [5, 5.41) is 2.45. The number of hydrogen-bond donors (Lipinski definition) is 2. The van der Waals surface area contributed by atoms with Gasteiger partial charge in [-0.15, -0.1) is 0 Å². The van der Waals surface area contributed by atoms with Crippen molar-refractivity contribution in [3.8, 4) is 5.75 Å². The molecule has 0 fully saturated rings. The number of benzene rings is 1. The van der Waals surface area contributed by atoms with Crippen molar-refractivity contribution in [2.45, 2.75) is 46.2 Å². The summed E-state index contributed by atoms with van der Waals surface area (Å²) in [4.78, 5) is 1.72. The molecule has 0 radical (unpaired) electrons. The normalized spacial score (nSPS) is 18.1. The van der Waals surface area contributed by atoms with Crippen molar-refractivity contribution in [3.63, 3.8) is 0 Å². The quantitative estimate of drug-likeness (QED) is 0.763. The molecule has 0 amide bonds. The molecule has 1 heterocycles. The zero-order valence-corrected chi connectivity index (χ0v) is 13.2. The Morgan fingerprint density at radius 2 is 1.95 bits per heavy atom. The molecule has 0 saturated carbocycles. The highest BCUT2D eigenvalue weighted by Gasteiger charge is 2.33. The Morgan fingerprint density at radius 1 is 1.20 bits per heavy atom. The molecule has 1 aromatic rings. The summed E-state index contributed by atoms with van der Waals surface area (Å²) in [6, 6.07) is 7.15. The number of nitrogens with one attached hydrogen (secondary N) is 1. The van der Waals surface area contributed by atoms with Gasteiger partial charge in [0, 0.05) is 5.56 Å². The SMILES string of the molecule is CCC[NH+](CCC)[C@H]1C[NH2+]Cc2cccc(OCC)c21. The number of ether oxygens (including phenoxy) is 1. The molecule has 3 nitrogen and oxygen atoms in total. The highest BCUT2D eigenvalue weighted by molar-refractivity contribution is 5.42. The molecular weight excluding hydrogens is 248 g/mol. The maximum atomic E-state index is 5.91. The molecule has 0 saturated heterocycles. The van der Waals surface area contributed by atoms with E-state index in [4.69, 9.17) is 4.74 Å². The van der Waals surface area contributed by atoms with Crippen LogP contribution >= 0.6 is 0 Å². The first-order valence-corrected chi connectivity index (χ1v) is 8.22. The fraction of sp³-hybridized carbons (Fsp3) is 0.647. The van der Waals surface area contributed by atoms with E-state index in [0.717, 1.165) is 18.9 Å². The van der Waals surface area contributed by atoms with E-state index >= 15 is 0 Å². The smallest absolute Gasteiger partial charge is 0.167 e. The second kappa shape index (κ2) is 7.65. The van der Waals surface area contributed by atoms with Crippen molar-refractivity contribution in [1.29, 1.82) is 0 Å². The van der Waals surface area contributed by atoms with Crippen LogP contribution in [0.25, 0.3) is 0 Å². The first-order chi connectivity index (χ1) is 9.81. The van der Waals surface area contributed by atoms with E-state index in [1.165, 1.54) is 43.6 Å². The predicted octanol–water partition coefficient (Wildman–Crippen LogP) is 0.908. The topological polar surface area (TPSA) is 30.3 Å². The van der Waals surface area contributed by atoms with Crippen LogP contribution in [0.1, 0.15) is 50.8 Å². The van der Waals surface area contributed by atoms with Crippen LogP contribution in [0.3, 0.4) is 0 Å². The lowest BCUT2D eigenvalue weighted by molar-refractivity contribution is -0.948. The maximum Gasteiger partial charge on any atom is 0.167 e. The molecular formula is C17H30N2O+2. The minimum Gasteiger partial charge on any atom is -0.493 e. The summed E-state index contributed by atoms with van der Waals surface area (Å²) in [5.74, 6) is 1.12. The highest BCUT2D eigenvalue weighted by Crippen LogP contribution is 2.28. The highest BCUT2D eigenvalue weighted by atomic mass is 16.5. The summed E-state index contributed by atoms with van der Waals surface area (Å²) in [5.41, 5.74) is 2.95. The van der Waals surface area contributed by atoms with Crippen LogP contribution in [0.5, 0.6) is 5.75 Å². The molecule has 20 heavy (non-hydrogen) atoms. The van der Waals surface area contributed by atoms with Crippen LogP contribution in [0, 0.1) is 0 Å². The lowest BCUT2D eigenvalue weighted by Gasteiger charge is -2.32. The van der Waals surface area contributed by atoms with E-state index in [1.807, 2.05) is 0 Å². The van der Waals surface area contributed by atoms with Gasteiger partial charge >= 0.3 is 0 Å². The summed E-state index contributed by atoms with van der Waals surface area (Å²) < 4.78 is 5.91. The van der Waals surface area contributed by atoms with Gasteiger partial charge in [-0.05, 0) is 25.8 Å². The summed E-state index contributed by atoms with van der Waals surface area (Å²) in [6.45, 7) is 12.2. The zero-order chi connectivity index (χ0) is 14.4. The van der Waals surface area contributed by atoms with E-state index in [9.17, 15) is 0 Å². The van der Waals surface area contributed by atoms with Crippen LogP contribution in [0.4, 0.5) is 0 Å². The number of quaternary nitrogens is 2. The minimum absolute atomic E-state index is 0.585. The molecule has 2 rings (SSSR count). The van der Waals surface area contributed by atoms with Crippen LogP contribution in [-0.4, -0.2) is 26.2 Å². The average Bonchev–Trinajstić information content (AvgIpc) is 2.47. The van der Waals surface area contributed by atoms with E-state index in [1.54, 1.807) is 4.90 Å². The Kier molecular flexibility index (Phi) is 5.86. The number of nitrogens with two attached hydrogens (primary N) is 1. The van der Waals surface area contributed by atoms with Gasteiger partial charge in [0.1, 0.15) is 18.8 Å². The van der Waals surface area contributed by atoms with E-state index in [-0.39, 0.29) is 0 Å². The van der Waals surface area contributed by atoms with Gasteiger partial charge in [0.2, 0.25) is 0 Å². The lowest BCUT2D eigenvalue weighted by atomic mass is 9.94. The molecule has 0 bridgehead atoms. The van der Waals surface area contributed by atoms with E-state index in [2.05, 4.69) is 44.3 Å². The number of rotatable bonds is 7. The second-order valence-electron chi connectivity index (χ2n) is 5.70. The second-order valence-corrected chi connectivity index (χ2v) is 5.70. The van der Waals surface area contributed by atoms with Crippen LogP contribution in [0.15, 0.2) is 18.2 Å². The summed E-state index contributed by atoms with van der Waals surface area (Å²) in [6.07, 6.45) is 2.50. The van der Waals surface area contributed by atoms with E-state index < -0.39 is 0 Å². The molecule has 3 N–H and O–H groups in total. The molecule has 1 aliphatic rings. The molecule has 0 spiro atoms. The van der Waals surface area contributed by atoms with Crippen molar-refractivity contribution in [2.75, 3.05) is 26.2 Å². The fourth-order valence-electron chi connectivity index (χ4n) is 3.45. The molecule has 1 atom stereocenters. The van der Waals surface area contributed by atoms with Gasteiger partial charge in [0.15, 0.2) is 6.04 Å². The summed E-state index contributed by atoms with van der Waals surface area (Å²) in [7, 11) is 0. The van der Waals surface area contributed by atoms with Gasteiger partial charge < -0.3 is 15.0 Å². The lowest BCUT2D eigenvalue weighted by Crippen LogP contribution is -3.15. The largest absolute Gasteiger partial charge is 0.493 e. The predicted molar refractivity (Wildman–Crippen MR) is 82.1 cm³/mol. The van der Waals surface area contributed by atoms with E-state index in [0.29, 0.717) is 6.04 Å². The maximum absolute atomic E-state index is 5.91. The molecule has 0 unspecified atom stereocenters. The molecule has 3 heteroatoms. The number of hydrogen-bond acceptors (Lipinski definition) is 1. The minimum atomic E-state index is 0.585. The van der Waals surface area contributed by atoms with Crippen molar-refractivity contribution in [3.05, 3.63) is 29.3 Å². The average molecular weight is 278 g/mol. The van der Waals surface area contributed by atoms with Gasteiger partial charge in [-0.2, -0.15) is 0 Å². The van der Waals surface area contributed by atoms with Crippen molar-refractivity contribution < 1.29 is 15.0 Å².